The summed E-state index contributed by atoms with van der Waals surface area (Å²) in [6, 6.07) is -1.11. The molecule has 0 spiro atoms. The lowest BCUT2D eigenvalue weighted by molar-refractivity contribution is -0.307. The largest absolute Gasteiger partial charge is 0.548 e. The van der Waals surface area contributed by atoms with Gasteiger partial charge < -0.3 is 20.4 Å². The lowest BCUT2D eigenvalue weighted by Gasteiger charge is -2.20. The van der Waals surface area contributed by atoms with E-state index in [1.165, 1.54) is 0 Å². The van der Waals surface area contributed by atoms with Crippen LogP contribution in [-0.4, -0.2) is 23.6 Å². The molecule has 0 amide bonds. The Morgan fingerprint density at radius 3 is 2.29 bits per heavy atom. The number of carbonyl (C=O) groups excluding carboxylic acids is 2. The minimum atomic E-state index is -1.35. The standard InChI is InChI=1S/C9H17NO4/c1-9(2,3)14-7(11)5-4-6(10)8(12)13/h6H,4-5,10H2,1-3H3,(H,12,13)/p-1. The Morgan fingerprint density at radius 2 is 1.93 bits per heavy atom. The number of carboxylic acids is 1. The van der Waals surface area contributed by atoms with Gasteiger partial charge in [0, 0.05) is 12.5 Å². The Labute approximate surface area is 83.2 Å². The molecule has 1 atom stereocenters. The molecule has 2 N–H and O–H groups in total. The maximum Gasteiger partial charge on any atom is 0.306 e. The highest BCUT2D eigenvalue weighted by molar-refractivity contribution is 5.74. The summed E-state index contributed by atoms with van der Waals surface area (Å²) in [5, 5.41) is 10.2. The summed E-state index contributed by atoms with van der Waals surface area (Å²) in [6.07, 6.45) is 0.0314. The normalized spacial score (nSPS) is 13.4. The van der Waals surface area contributed by atoms with E-state index < -0.39 is 23.6 Å². The molecule has 0 saturated carbocycles. The van der Waals surface area contributed by atoms with Gasteiger partial charge in [-0.15, -0.1) is 0 Å². The van der Waals surface area contributed by atoms with Crippen molar-refractivity contribution in [2.45, 2.75) is 45.3 Å². The van der Waals surface area contributed by atoms with Gasteiger partial charge in [-0.25, -0.2) is 0 Å². The second-order valence-corrected chi connectivity index (χ2v) is 4.05. The molecule has 0 radical (unpaired) electrons. The zero-order valence-corrected chi connectivity index (χ0v) is 8.70. The predicted octanol–water partition coefficient (Wildman–Crippen LogP) is -0.814. The van der Waals surface area contributed by atoms with Crippen molar-refractivity contribution in [2.24, 2.45) is 5.73 Å². The number of aliphatic carboxylic acids is 1. The number of nitrogens with two attached hydrogens (primary N) is 1. The quantitative estimate of drug-likeness (QED) is 0.601. The van der Waals surface area contributed by atoms with E-state index in [1.807, 2.05) is 0 Å². The molecule has 0 aromatic rings. The molecule has 14 heavy (non-hydrogen) atoms. The number of hydrogen-bond donors (Lipinski definition) is 1. The summed E-state index contributed by atoms with van der Waals surface area (Å²) >= 11 is 0. The average molecular weight is 202 g/mol. The van der Waals surface area contributed by atoms with Crippen LogP contribution in [0.1, 0.15) is 33.6 Å². The SMILES string of the molecule is CC(C)(C)OC(=O)CCC(N)C(=O)[O-]. The minimum Gasteiger partial charge on any atom is -0.548 e. The smallest absolute Gasteiger partial charge is 0.306 e. The predicted molar refractivity (Wildman–Crippen MR) is 48.1 cm³/mol. The van der Waals surface area contributed by atoms with E-state index in [9.17, 15) is 14.7 Å². The van der Waals surface area contributed by atoms with Gasteiger partial charge in [0.05, 0.1) is 5.97 Å². The van der Waals surface area contributed by atoms with E-state index >= 15 is 0 Å². The van der Waals surface area contributed by atoms with Crippen LogP contribution in [0, 0.1) is 0 Å². The lowest BCUT2D eigenvalue weighted by atomic mass is 10.1. The minimum absolute atomic E-state index is 0.00752. The maximum atomic E-state index is 11.1. The highest BCUT2D eigenvalue weighted by atomic mass is 16.6. The fraction of sp³-hybridized carbons (Fsp3) is 0.778. The van der Waals surface area contributed by atoms with Crippen LogP contribution in [0.4, 0.5) is 0 Å². The second-order valence-electron chi connectivity index (χ2n) is 4.05. The third kappa shape index (κ3) is 6.42. The zero-order valence-electron chi connectivity index (χ0n) is 8.70. The van der Waals surface area contributed by atoms with Gasteiger partial charge in [0.15, 0.2) is 0 Å². The molecule has 5 nitrogen and oxygen atoms in total. The van der Waals surface area contributed by atoms with Gasteiger partial charge in [-0.1, -0.05) is 0 Å². The number of ether oxygens (including phenoxy) is 1. The van der Waals surface area contributed by atoms with Crippen molar-refractivity contribution in [3.05, 3.63) is 0 Å². The Morgan fingerprint density at radius 1 is 1.43 bits per heavy atom. The van der Waals surface area contributed by atoms with Crippen LogP contribution in [0.2, 0.25) is 0 Å². The molecule has 0 fully saturated rings. The molecule has 0 heterocycles. The van der Waals surface area contributed by atoms with E-state index in [0.29, 0.717) is 0 Å². The first-order valence-electron chi connectivity index (χ1n) is 4.40. The van der Waals surface area contributed by atoms with Crippen molar-refractivity contribution in [3.8, 4) is 0 Å². The first-order chi connectivity index (χ1) is 6.22. The summed E-state index contributed by atoms with van der Waals surface area (Å²) < 4.78 is 4.96. The summed E-state index contributed by atoms with van der Waals surface area (Å²) in [7, 11) is 0. The van der Waals surface area contributed by atoms with E-state index in [0.717, 1.165) is 0 Å². The van der Waals surface area contributed by atoms with Crippen molar-refractivity contribution >= 4 is 11.9 Å². The summed E-state index contributed by atoms with van der Waals surface area (Å²) in [6.45, 7) is 5.22. The molecule has 5 heteroatoms. The molecule has 0 aliphatic carbocycles. The fourth-order valence-corrected chi connectivity index (χ4v) is 0.784. The zero-order chi connectivity index (χ0) is 11.4. The third-order valence-corrected chi connectivity index (χ3v) is 1.38. The molecule has 0 aromatic heterocycles. The van der Waals surface area contributed by atoms with Crippen LogP contribution in [-0.2, 0) is 14.3 Å². The van der Waals surface area contributed by atoms with E-state index in [2.05, 4.69) is 0 Å². The molecule has 0 rings (SSSR count). The molecule has 0 aliphatic rings. The molecular formula is C9H16NO4-. The van der Waals surface area contributed by atoms with Gasteiger partial charge in [-0.2, -0.15) is 0 Å². The summed E-state index contributed by atoms with van der Waals surface area (Å²) in [4.78, 5) is 21.3. The van der Waals surface area contributed by atoms with E-state index in [4.69, 9.17) is 10.5 Å². The first kappa shape index (κ1) is 12.9. The van der Waals surface area contributed by atoms with Crippen LogP contribution < -0.4 is 10.8 Å². The van der Waals surface area contributed by atoms with Crippen LogP contribution >= 0.6 is 0 Å². The lowest BCUT2D eigenvalue weighted by Crippen LogP contribution is -2.42. The highest BCUT2D eigenvalue weighted by Gasteiger charge is 2.16. The van der Waals surface area contributed by atoms with Gasteiger partial charge >= 0.3 is 5.97 Å². The third-order valence-electron chi connectivity index (χ3n) is 1.38. The Hall–Kier alpha value is -1.10. The number of carboxylic acid groups (broad SMARTS) is 1. The number of carbonyl (C=O) groups is 2. The Balaban J connectivity index is 3.81. The molecule has 1 unspecified atom stereocenters. The van der Waals surface area contributed by atoms with E-state index in [-0.39, 0.29) is 12.8 Å². The molecule has 0 aromatic carbocycles. The molecule has 0 bridgehead atoms. The number of rotatable bonds is 4. The van der Waals surface area contributed by atoms with Crippen LogP contribution in [0.3, 0.4) is 0 Å². The van der Waals surface area contributed by atoms with Crippen LogP contribution in [0.5, 0.6) is 0 Å². The average Bonchev–Trinajstić information content (AvgIpc) is 1.96. The maximum absolute atomic E-state index is 11.1. The monoisotopic (exact) mass is 202 g/mol. The Bertz CT molecular complexity index is 219. The van der Waals surface area contributed by atoms with Crippen molar-refractivity contribution in [2.75, 3.05) is 0 Å². The number of esters is 1. The van der Waals surface area contributed by atoms with Crippen molar-refractivity contribution in [1.29, 1.82) is 0 Å². The van der Waals surface area contributed by atoms with Crippen molar-refractivity contribution in [3.63, 3.8) is 0 Å². The fourth-order valence-electron chi connectivity index (χ4n) is 0.784. The topological polar surface area (TPSA) is 92.5 Å². The Kier molecular flexibility index (Phi) is 4.56. The highest BCUT2D eigenvalue weighted by Crippen LogP contribution is 2.09. The summed E-state index contributed by atoms with van der Waals surface area (Å²) in [5.41, 5.74) is 4.61. The van der Waals surface area contributed by atoms with Gasteiger partial charge in [-0.3, -0.25) is 4.79 Å². The van der Waals surface area contributed by atoms with Crippen LogP contribution in [0.25, 0.3) is 0 Å². The first-order valence-corrected chi connectivity index (χ1v) is 4.40. The van der Waals surface area contributed by atoms with E-state index in [1.54, 1.807) is 20.8 Å². The van der Waals surface area contributed by atoms with Gasteiger partial charge in [0.1, 0.15) is 5.60 Å². The second kappa shape index (κ2) is 4.95. The number of hydrogen-bond acceptors (Lipinski definition) is 5. The molecule has 0 saturated heterocycles. The van der Waals surface area contributed by atoms with Gasteiger partial charge in [0.2, 0.25) is 0 Å². The molecule has 0 aliphatic heterocycles. The van der Waals surface area contributed by atoms with Crippen molar-refractivity contribution < 1.29 is 19.4 Å². The molecular weight excluding hydrogens is 186 g/mol. The molecule has 82 valence electrons. The van der Waals surface area contributed by atoms with Gasteiger partial charge in [0.25, 0.3) is 0 Å². The van der Waals surface area contributed by atoms with Gasteiger partial charge in [-0.05, 0) is 27.2 Å². The summed E-state index contributed by atoms with van der Waals surface area (Å²) in [5.74, 6) is -1.80. The van der Waals surface area contributed by atoms with Crippen molar-refractivity contribution in [1.82, 2.24) is 0 Å². The van der Waals surface area contributed by atoms with Crippen LogP contribution in [0.15, 0.2) is 0 Å².